The van der Waals surface area contributed by atoms with Crippen LogP contribution in [-0.2, 0) is 0 Å². The third-order valence-corrected chi connectivity index (χ3v) is 2.78. The summed E-state index contributed by atoms with van der Waals surface area (Å²) in [6.45, 7) is 0. The molecule has 0 spiro atoms. The number of hydrogen-bond donors (Lipinski definition) is 0. The predicted octanol–water partition coefficient (Wildman–Crippen LogP) is 3.25. The van der Waals surface area contributed by atoms with E-state index < -0.39 is 0 Å². The second kappa shape index (κ2) is 4.26. The van der Waals surface area contributed by atoms with Gasteiger partial charge in [0.2, 0.25) is 5.70 Å². The third kappa shape index (κ3) is 2.06. The van der Waals surface area contributed by atoms with Crippen LogP contribution in [-0.4, -0.2) is 4.92 Å². The van der Waals surface area contributed by atoms with E-state index in [1.54, 1.807) is 0 Å². The Morgan fingerprint density at radius 3 is 2.40 bits per heavy atom. The van der Waals surface area contributed by atoms with Gasteiger partial charge in [0.1, 0.15) is 0 Å². The van der Waals surface area contributed by atoms with Crippen molar-refractivity contribution in [2.24, 2.45) is 0 Å². The lowest BCUT2D eigenvalue weighted by molar-refractivity contribution is -0.427. The van der Waals surface area contributed by atoms with Crippen LogP contribution in [0.25, 0.3) is 5.57 Å². The molecule has 0 aliphatic heterocycles. The summed E-state index contributed by atoms with van der Waals surface area (Å²) in [6.07, 6.45) is 3.44. The molecule has 0 saturated carbocycles. The SMILES string of the molecule is O=[N+]([O-])C1=C(c2ccccc2)CCCC1. The topological polar surface area (TPSA) is 43.1 Å². The van der Waals surface area contributed by atoms with Crippen LogP contribution in [0.2, 0.25) is 0 Å². The highest BCUT2D eigenvalue weighted by molar-refractivity contribution is 5.67. The first-order chi connectivity index (χ1) is 7.29. The van der Waals surface area contributed by atoms with E-state index >= 15 is 0 Å². The quantitative estimate of drug-likeness (QED) is 0.547. The molecule has 0 radical (unpaired) electrons. The van der Waals surface area contributed by atoms with Crippen LogP contribution in [0.5, 0.6) is 0 Å². The van der Waals surface area contributed by atoms with Crippen molar-refractivity contribution in [1.82, 2.24) is 0 Å². The van der Waals surface area contributed by atoms with Crippen LogP contribution in [0.1, 0.15) is 31.2 Å². The van der Waals surface area contributed by atoms with Crippen molar-refractivity contribution in [2.75, 3.05) is 0 Å². The molecule has 78 valence electrons. The molecule has 0 bridgehead atoms. The van der Waals surface area contributed by atoms with Gasteiger partial charge in [-0.15, -0.1) is 0 Å². The highest BCUT2D eigenvalue weighted by Gasteiger charge is 2.22. The Bertz CT molecular complexity index is 395. The number of allylic oxidation sites excluding steroid dienone is 2. The Kier molecular flexibility index (Phi) is 2.81. The summed E-state index contributed by atoms with van der Waals surface area (Å²) in [5, 5.41) is 10.9. The molecule has 0 unspecified atom stereocenters. The Hall–Kier alpha value is -1.64. The smallest absolute Gasteiger partial charge is 0.249 e. The highest BCUT2D eigenvalue weighted by atomic mass is 16.6. The molecule has 0 heterocycles. The van der Waals surface area contributed by atoms with E-state index in [1.165, 1.54) is 0 Å². The van der Waals surface area contributed by atoms with Gasteiger partial charge in [0.15, 0.2) is 0 Å². The Balaban J connectivity index is 2.44. The zero-order valence-electron chi connectivity index (χ0n) is 8.48. The van der Waals surface area contributed by atoms with E-state index in [0.717, 1.165) is 30.4 Å². The fourth-order valence-electron chi connectivity index (χ4n) is 2.04. The largest absolute Gasteiger partial charge is 0.259 e. The second-order valence-electron chi connectivity index (χ2n) is 3.76. The molecule has 0 amide bonds. The van der Waals surface area contributed by atoms with E-state index in [4.69, 9.17) is 0 Å². The van der Waals surface area contributed by atoms with E-state index in [-0.39, 0.29) is 4.92 Å². The van der Waals surface area contributed by atoms with E-state index in [2.05, 4.69) is 0 Å². The number of rotatable bonds is 2. The Morgan fingerprint density at radius 2 is 1.73 bits per heavy atom. The van der Waals surface area contributed by atoms with Gasteiger partial charge in [0.05, 0.1) is 4.92 Å². The Labute approximate surface area is 88.6 Å². The van der Waals surface area contributed by atoms with Crippen LogP contribution in [0.4, 0.5) is 0 Å². The van der Waals surface area contributed by atoms with Crippen LogP contribution in [0, 0.1) is 10.1 Å². The van der Waals surface area contributed by atoms with Crippen molar-refractivity contribution in [3.05, 3.63) is 51.7 Å². The minimum Gasteiger partial charge on any atom is -0.259 e. The molecular weight excluding hydrogens is 190 g/mol. The van der Waals surface area contributed by atoms with Crippen molar-refractivity contribution >= 4 is 5.57 Å². The molecule has 0 atom stereocenters. The predicted molar refractivity (Wildman–Crippen MR) is 58.8 cm³/mol. The van der Waals surface area contributed by atoms with E-state index in [0.29, 0.717) is 12.1 Å². The maximum Gasteiger partial charge on any atom is 0.249 e. The molecule has 0 N–H and O–H groups in total. The first kappa shape index (κ1) is 9.90. The fraction of sp³-hybridized carbons (Fsp3) is 0.333. The summed E-state index contributed by atoms with van der Waals surface area (Å²) >= 11 is 0. The van der Waals surface area contributed by atoms with Crippen molar-refractivity contribution < 1.29 is 4.92 Å². The summed E-state index contributed by atoms with van der Waals surface area (Å²) in [7, 11) is 0. The highest BCUT2D eigenvalue weighted by Crippen LogP contribution is 2.32. The summed E-state index contributed by atoms with van der Waals surface area (Å²) in [5.41, 5.74) is 2.34. The summed E-state index contributed by atoms with van der Waals surface area (Å²) < 4.78 is 0. The van der Waals surface area contributed by atoms with E-state index in [1.807, 2.05) is 30.3 Å². The molecule has 0 saturated heterocycles. The van der Waals surface area contributed by atoms with Gasteiger partial charge >= 0.3 is 0 Å². The van der Waals surface area contributed by atoms with Crippen molar-refractivity contribution in [1.29, 1.82) is 0 Å². The first-order valence-corrected chi connectivity index (χ1v) is 5.21. The molecular formula is C12H13NO2. The monoisotopic (exact) mass is 203 g/mol. The van der Waals surface area contributed by atoms with Gasteiger partial charge < -0.3 is 0 Å². The van der Waals surface area contributed by atoms with Crippen LogP contribution in [0.15, 0.2) is 36.0 Å². The van der Waals surface area contributed by atoms with Gasteiger partial charge in [-0.2, -0.15) is 0 Å². The maximum atomic E-state index is 10.9. The second-order valence-corrected chi connectivity index (χ2v) is 3.76. The summed E-state index contributed by atoms with van der Waals surface area (Å²) in [4.78, 5) is 10.7. The number of nitro groups is 1. The van der Waals surface area contributed by atoms with Crippen LogP contribution >= 0.6 is 0 Å². The maximum absolute atomic E-state index is 10.9. The molecule has 0 fully saturated rings. The molecule has 3 nitrogen and oxygen atoms in total. The molecule has 1 aliphatic rings. The number of nitrogens with zero attached hydrogens (tertiary/aromatic N) is 1. The Morgan fingerprint density at radius 1 is 1.07 bits per heavy atom. The van der Waals surface area contributed by atoms with Gasteiger partial charge in [-0.25, -0.2) is 0 Å². The van der Waals surface area contributed by atoms with Crippen molar-refractivity contribution in [3.8, 4) is 0 Å². The minimum absolute atomic E-state index is 0.221. The van der Waals surface area contributed by atoms with Gasteiger partial charge in [0.25, 0.3) is 0 Å². The average molecular weight is 203 g/mol. The molecule has 2 rings (SSSR count). The zero-order valence-corrected chi connectivity index (χ0v) is 8.48. The minimum atomic E-state index is -0.221. The van der Waals surface area contributed by atoms with Gasteiger partial charge in [-0.3, -0.25) is 10.1 Å². The zero-order chi connectivity index (χ0) is 10.7. The van der Waals surface area contributed by atoms with E-state index in [9.17, 15) is 10.1 Å². The standard InChI is InChI=1S/C12H13NO2/c14-13(15)12-9-5-4-8-11(12)10-6-2-1-3-7-10/h1-3,6-7H,4-5,8-9H2. The van der Waals surface area contributed by atoms with Gasteiger partial charge in [0, 0.05) is 12.0 Å². The van der Waals surface area contributed by atoms with Gasteiger partial charge in [-0.05, 0) is 24.8 Å². The molecule has 0 aromatic heterocycles. The van der Waals surface area contributed by atoms with Crippen molar-refractivity contribution in [3.63, 3.8) is 0 Å². The first-order valence-electron chi connectivity index (χ1n) is 5.21. The van der Waals surface area contributed by atoms with Crippen molar-refractivity contribution in [2.45, 2.75) is 25.7 Å². The average Bonchev–Trinajstić information content (AvgIpc) is 2.30. The molecule has 1 aromatic rings. The lowest BCUT2D eigenvalue weighted by atomic mass is 9.91. The molecule has 15 heavy (non-hydrogen) atoms. The third-order valence-electron chi connectivity index (χ3n) is 2.78. The van der Waals surface area contributed by atoms with Crippen LogP contribution < -0.4 is 0 Å². The van der Waals surface area contributed by atoms with Crippen LogP contribution in [0.3, 0.4) is 0 Å². The lowest BCUT2D eigenvalue weighted by Crippen LogP contribution is -2.07. The molecule has 1 aliphatic carbocycles. The normalized spacial score (nSPS) is 16.5. The van der Waals surface area contributed by atoms with Gasteiger partial charge in [-0.1, -0.05) is 30.3 Å². The molecule has 1 aromatic carbocycles. The summed E-state index contributed by atoms with van der Waals surface area (Å²) in [5.74, 6) is 0. The lowest BCUT2D eigenvalue weighted by Gasteiger charge is -2.14. The molecule has 3 heteroatoms. The number of hydrogen-bond acceptors (Lipinski definition) is 2. The summed E-state index contributed by atoms with van der Waals surface area (Å²) in [6, 6.07) is 9.68. The number of benzene rings is 1. The fourth-order valence-corrected chi connectivity index (χ4v) is 2.04.